The molecule has 1 fully saturated rings. The van der Waals surface area contributed by atoms with Crippen LogP contribution in [0.2, 0.25) is 5.02 Å². The number of hydrogen-bond acceptors (Lipinski definition) is 7. The van der Waals surface area contributed by atoms with Crippen LogP contribution in [0.25, 0.3) is 0 Å². The minimum atomic E-state index is -3.77. The highest BCUT2D eigenvalue weighted by Gasteiger charge is 2.27. The third-order valence-corrected chi connectivity index (χ3v) is 7.04. The van der Waals surface area contributed by atoms with E-state index in [0.29, 0.717) is 24.7 Å². The number of benzene rings is 2. The van der Waals surface area contributed by atoms with E-state index in [9.17, 15) is 13.2 Å². The van der Waals surface area contributed by atoms with Gasteiger partial charge in [0.1, 0.15) is 5.75 Å². The van der Waals surface area contributed by atoms with Gasteiger partial charge in [-0.15, -0.1) is 0 Å². The molecule has 11 heteroatoms. The SMILES string of the molecule is COc1cc(C(=O)Nc2cc(S(=O)(=O)N3CCOCC3)ccc2OC(C)C)cc(Cl)c1OC. The van der Waals surface area contributed by atoms with Crippen LogP contribution in [0.4, 0.5) is 5.69 Å². The molecule has 0 spiro atoms. The molecule has 180 valence electrons. The van der Waals surface area contributed by atoms with Crippen LogP contribution in [0.3, 0.4) is 0 Å². The van der Waals surface area contributed by atoms with Crippen LogP contribution < -0.4 is 19.5 Å². The molecule has 2 aromatic rings. The van der Waals surface area contributed by atoms with Crippen molar-refractivity contribution in [1.29, 1.82) is 0 Å². The predicted molar refractivity (Wildman–Crippen MR) is 124 cm³/mol. The summed E-state index contributed by atoms with van der Waals surface area (Å²) in [6.45, 7) is 4.85. The Bertz CT molecular complexity index is 1120. The summed E-state index contributed by atoms with van der Waals surface area (Å²) in [7, 11) is -0.889. The monoisotopic (exact) mass is 498 g/mol. The fourth-order valence-corrected chi connectivity index (χ4v) is 5.03. The van der Waals surface area contributed by atoms with Gasteiger partial charge in [0.2, 0.25) is 10.0 Å². The molecule has 3 rings (SSSR count). The van der Waals surface area contributed by atoms with Crippen molar-refractivity contribution in [3.05, 3.63) is 40.9 Å². The van der Waals surface area contributed by atoms with Crippen LogP contribution in [-0.2, 0) is 14.8 Å². The zero-order chi connectivity index (χ0) is 24.2. The fourth-order valence-electron chi connectivity index (χ4n) is 3.30. The molecule has 1 aliphatic rings. The van der Waals surface area contributed by atoms with Crippen molar-refractivity contribution >= 4 is 33.2 Å². The quantitative estimate of drug-likeness (QED) is 0.594. The number of ether oxygens (including phenoxy) is 4. The lowest BCUT2D eigenvalue weighted by atomic mass is 10.1. The van der Waals surface area contributed by atoms with E-state index in [2.05, 4.69) is 5.32 Å². The molecule has 0 radical (unpaired) electrons. The standard InChI is InChI=1S/C22H27ClN2O7S/c1-14(2)32-19-6-5-16(33(27,28)25-7-9-31-10-8-25)13-18(19)24-22(26)15-11-17(23)21(30-4)20(12-15)29-3/h5-6,11-14H,7-10H2,1-4H3,(H,24,26). The Morgan fingerprint density at radius 1 is 1.09 bits per heavy atom. The van der Waals surface area contributed by atoms with Crippen molar-refractivity contribution < 1.29 is 32.2 Å². The van der Waals surface area contributed by atoms with E-state index in [1.54, 1.807) is 0 Å². The first-order chi connectivity index (χ1) is 15.7. The number of anilines is 1. The lowest BCUT2D eigenvalue weighted by Gasteiger charge is -2.26. The van der Waals surface area contributed by atoms with Crippen molar-refractivity contribution in [1.82, 2.24) is 4.31 Å². The lowest BCUT2D eigenvalue weighted by Crippen LogP contribution is -2.40. The smallest absolute Gasteiger partial charge is 0.255 e. The Morgan fingerprint density at radius 2 is 1.79 bits per heavy atom. The second-order valence-electron chi connectivity index (χ2n) is 7.49. The number of rotatable bonds is 8. The molecule has 1 aliphatic heterocycles. The molecule has 0 saturated carbocycles. The number of sulfonamides is 1. The van der Waals surface area contributed by atoms with Crippen LogP contribution in [0.5, 0.6) is 17.2 Å². The number of halogens is 1. The molecule has 0 atom stereocenters. The van der Waals surface area contributed by atoms with E-state index in [4.69, 9.17) is 30.5 Å². The van der Waals surface area contributed by atoms with Gasteiger partial charge in [-0.2, -0.15) is 4.31 Å². The maximum absolute atomic E-state index is 13.1. The zero-order valence-corrected chi connectivity index (χ0v) is 20.5. The molecule has 0 unspecified atom stereocenters. The van der Waals surface area contributed by atoms with Crippen LogP contribution >= 0.6 is 11.6 Å². The molecule has 1 saturated heterocycles. The number of amides is 1. The Balaban J connectivity index is 1.97. The topological polar surface area (TPSA) is 103 Å². The van der Waals surface area contributed by atoms with Gasteiger partial charge in [-0.05, 0) is 44.2 Å². The van der Waals surface area contributed by atoms with E-state index in [1.807, 2.05) is 13.8 Å². The number of morpholine rings is 1. The van der Waals surface area contributed by atoms with Crippen LogP contribution in [0.15, 0.2) is 35.2 Å². The summed E-state index contributed by atoms with van der Waals surface area (Å²) in [6.07, 6.45) is -0.196. The summed E-state index contributed by atoms with van der Waals surface area (Å²) in [4.78, 5) is 13.1. The molecule has 0 bridgehead atoms. The molecule has 2 aromatic carbocycles. The molecule has 1 amide bonds. The van der Waals surface area contributed by atoms with Gasteiger partial charge in [-0.1, -0.05) is 11.6 Å². The second kappa shape index (κ2) is 10.6. The molecule has 1 heterocycles. The summed E-state index contributed by atoms with van der Waals surface area (Å²) in [6, 6.07) is 7.31. The maximum atomic E-state index is 13.1. The third kappa shape index (κ3) is 5.70. The number of nitrogens with one attached hydrogen (secondary N) is 1. The van der Waals surface area contributed by atoms with Crippen molar-refractivity contribution in [3.63, 3.8) is 0 Å². The first-order valence-electron chi connectivity index (χ1n) is 10.3. The molecular formula is C22H27ClN2O7S. The Kier molecular flexibility index (Phi) is 8.06. The van der Waals surface area contributed by atoms with Crippen LogP contribution in [0.1, 0.15) is 24.2 Å². The minimum Gasteiger partial charge on any atom is -0.493 e. The average molecular weight is 499 g/mol. The largest absolute Gasteiger partial charge is 0.493 e. The van der Waals surface area contributed by atoms with E-state index in [1.165, 1.54) is 48.9 Å². The van der Waals surface area contributed by atoms with Gasteiger partial charge < -0.3 is 24.3 Å². The molecule has 1 N–H and O–H groups in total. The normalized spacial score (nSPS) is 14.7. The van der Waals surface area contributed by atoms with E-state index < -0.39 is 15.9 Å². The van der Waals surface area contributed by atoms with Gasteiger partial charge in [0.25, 0.3) is 5.91 Å². The highest BCUT2D eigenvalue weighted by atomic mass is 35.5. The van der Waals surface area contributed by atoms with E-state index >= 15 is 0 Å². The number of nitrogens with zero attached hydrogens (tertiary/aromatic N) is 1. The third-order valence-electron chi connectivity index (χ3n) is 4.87. The average Bonchev–Trinajstić information content (AvgIpc) is 2.79. The first kappa shape index (κ1) is 25.1. The van der Waals surface area contributed by atoms with E-state index in [-0.39, 0.29) is 46.1 Å². The van der Waals surface area contributed by atoms with Crippen molar-refractivity contribution in [2.75, 3.05) is 45.8 Å². The van der Waals surface area contributed by atoms with Crippen molar-refractivity contribution in [3.8, 4) is 17.2 Å². The number of carbonyl (C=O) groups is 1. The Hall–Kier alpha value is -2.53. The maximum Gasteiger partial charge on any atom is 0.255 e. The van der Waals surface area contributed by atoms with E-state index in [0.717, 1.165) is 0 Å². The van der Waals surface area contributed by atoms with Crippen molar-refractivity contribution in [2.24, 2.45) is 0 Å². The molecule has 0 aromatic heterocycles. The molecule has 9 nitrogen and oxygen atoms in total. The van der Waals surface area contributed by atoms with Gasteiger partial charge in [-0.3, -0.25) is 4.79 Å². The summed E-state index contributed by atoms with van der Waals surface area (Å²) in [5.74, 6) is 0.411. The van der Waals surface area contributed by atoms with Gasteiger partial charge in [0.15, 0.2) is 11.5 Å². The summed E-state index contributed by atoms with van der Waals surface area (Å²) in [5.41, 5.74) is 0.420. The van der Waals surface area contributed by atoms with Gasteiger partial charge in [-0.25, -0.2) is 8.42 Å². The minimum absolute atomic E-state index is 0.0427. The van der Waals surface area contributed by atoms with Crippen molar-refractivity contribution in [2.45, 2.75) is 24.8 Å². The predicted octanol–water partition coefficient (Wildman–Crippen LogP) is 3.42. The fraction of sp³-hybridized carbons (Fsp3) is 0.409. The van der Waals surface area contributed by atoms with Gasteiger partial charge in [0.05, 0.1) is 49.1 Å². The Labute approximate surface area is 198 Å². The molecule has 0 aliphatic carbocycles. The number of hydrogen-bond donors (Lipinski definition) is 1. The Morgan fingerprint density at radius 3 is 2.39 bits per heavy atom. The van der Waals surface area contributed by atoms with Gasteiger partial charge >= 0.3 is 0 Å². The van der Waals surface area contributed by atoms with Crippen LogP contribution in [0, 0.1) is 0 Å². The van der Waals surface area contributed by atoms with Crippen LogP contribution in [-0.4, -0.2) is 65.3 Å². The zero-order valence-electron chi connectivity index (χ0n) is 18.9. The van der Waals surface area contributed by atoms with Gasteiger partial charge in [0, 0.05) is 18.7 Å². The highest BCUT2D eigenvalue weighted by Crippen LogP contribution is 2.37. The number of carbonyl (C=O) groups excluding carboxylic acids is 1. The molecular weight excluding hydrogens is 472 g/mol. The summed E-state index contributed by atoms with van der Waals surface area (Å²) in [5, 5.41) is 2.94. The second-order valence-corrected chi connectivity index (χ2v) is 9.83. The molecule has 33 heavy (non-hydrogen) atoms. The summed E-state index contributed by atoms with van der Waals surface area (Å²) < 4.78 is 49.0. The number of methoxy groups -OCH3 is 2. The first-order valence-corrected chi connectivity index (χ1v) is 12.1. The summed E-state index contributed by atoms with van der Waals surface area (Å²) >= 11 is 6.23. The highest BCUT2D eigenvalue weighted by molar-refractivity contribution is 7.89. The lowest BCUT2D eigenvalue weighted by molar-refractivity contribution is 0.0730.